The summed E-state index contributed by atoms with van der Waals surface area (Å²) in [6, 6.07) is 9.09. The van der Waals surface area contributed by atoms with E-state index in [9.17, 15) is 4.39 Å². The summed E-state index contributed by atoms with van der Waals surface area (Å²) in [6.07, 6.45) is 0. The van der Waals surface area contributed by atoms with Gasteiger partial charge in [-0.15, -0.1) is 0 Å². The van der Waals surface area contributed by atoms with Gasteiger partial charge in [0.05, 0.1) is 21.8 Å². The van der Waals surface area contributed by atoms with Crippen LogP contribution in [0.3, 0.4) is 0 Å². The highest BCUT2D eigenvalue weighted by atomic mass is 79.9. The quantitative estimate of drug-likeness (QED) is 0.836. The van der Waals surface area contributed by atoms with Crippen LogP contribution in [0.2, 0.25) is 5.02 Å². The van der Waals surface area contributed by atoms with E-state index in [0.717, 1.165) is 0 Å². The van der Waals surface area contributed by atoms with Crippen molar-refractivity contribution in [2.75, 3.05) is 5.73 Å². The predicted molar refractivity (Wildman–Crippen MR) is 79.0 cm³/mol. The second-order valence-electron chi connectivity index (χ2n) is 4.01. The summed E-state index contributed by atoms with van der Waals surface area (Å²) in [4.78, 5) is 0. The molecule has 2 aromatic rings. The molecule has 3 nitrogen and oxygen atoms in total. The second-order valence-corrected chi connectivity index (χ2v) is 5.30. The van der Waals surface area contributed by atoms with E-state index < -0.39 is 5.82 Å². The fraction of sp³-hybridized carbons (Fsp3) is 0.0714. The Balaban J connectivity index is 2.26. The number of anilines is 1. The highest BCUT2D eigenvalue weighted by molar-refractivity contribution is 9.10. The number of nitrogen functional groups attached to an aromatic ring is 1. The molecule has 0 spiro atoms. The minimum absolute atomic E-state index is 0.0328. The highest BCUT2D eigenvalue weighted by Crippen LogP contribution is 2.35. The van der Waals surface area contributed by atoms with E-state index in [1.54, 1.807) is 12.1 Å². The second kappa shape index (κ2) is 6.12. The molecular formula is C14H9BrClFN2O. The van der Waals surface area contributed by atoms with Crippen molar-refractivity contribution in [2.24, 2.45) is 0 Å². The summed E-state index contributed by atoms with van der Waals surface area (Å²) in [5.41, 5.74) is 6.98. The maximum atomic E-state index is 13.2. The Morgan fingerprint density at radius 1 is 1.35 bits per heavy atom. The Hall–Kier alpha value is -1.77. The molecule has 0 aliphatic heterocycles. The van der Waals surface area contributed by atoms with Gasteiger partial charge < -0.3 is 10.5 Å². The van der Waals surface area contributed by atoms with Crippen LogP contribution in [-0.2, 0) is 6.61 Å². The molecule has 0 saturated carbocycles. The number of halogens is 3. The van der Waals surface area contributed by atoms with E-state index in [4.69, 9.17) is 27.3 Å². The van der Waals surface area contributed by atoms with Crippen molar-refractivity contribution in [3.8, 4) is 11.8 Å². The van der Waals surface area contributed by atoms with Crippen molar-refractivity contribution in [1.82, 2.24) is 0 Å². The number of hydrogen-bond donors (Lipinski definition) is 1. The average molecular weight is 356 g/mol. The van der Waals surface area contributed by atoms with Crippen molar-refractivity contribution in [1.29, 1.82) is 5.26 Å². The minimum atomic E-state index is -0.425. The Bertz CT molecular complexity index is 677. The van der Waals surface area contributed by atoms with E-state index >= 15 is 0 Å². The molecule has 0 amide bonds. The third-order valence-electron chi connectivity index (χ3n) is 2.60. The summed E-state index contributed by atoms with van der Waals surface area (Å²) in [6.45, 7) is 0.0328. The summed E-state index contributed by atoms with van der Waals surface area (Å²) < 4.78 is 19.4. The van der Waals surface area contributed by atoms with Gasteiger partial charge in [-0.1, -0.05) is 11.6 Å². The van der Waals surface area contributed by atoms with Gasteiger partial charge in [-0.25, -0.2) is 4.39 Å². The Kier molecular flexibility index (Phi) is 4.48. The molecule has 2 N–H and O–H groups in total. The third kappa shape index (κ3) is 3.21. The average Bonchev–Trinajstić information content (AvgIpc) is 2.37. The zero-order valence-corrected chi connectivity index (χ0v) is 12.5. The van der Waals surface area contributed by atoms with Crippen LogP contribution in [0.15, 0.2) is 34.8 Å². The first kappa shape index (κ1) is 14.6. The molecule has 102 valence electrons. The molecule has 20 heavy (non-hydrogen) atoms. The topological polar surface area (TPSA) is 59.0 Å². The van der Waals surface area contributed by atoms with Gasteiger partial charge in [0, 0.05) is 10.6 Å². The minimum Gasteiger partial charge on any atom is -0.486 e. The van der Waals surface area contributed by atoms with Gasteiger partial charge in [-0.3, -0.25) is 0 Å². The number of nitrogens with two attached hydrogens (primary N) is 1. The zero-order valence-electron chi connectivity index (χ0n) is 10.2. The lowest BCUT2D eigenvalue weighted by molar-refractivity contribution is 0.305. The van der Waals surface area contributed by atoms with E-state index in [1.807, 2.05) is 6.07 Å². The molecule has 0 saturated heterocycles. The summed E-state index contributed by atoms with van der Waals surface area (Å²) in [7, 11) is 0. The number of nitriles is 1. The van der Waals surface area contributed by atoms with Crippen LogP contribution < -0.4 is 10.5 Å². The smallest absolute Gasteiger partial charge is 0.156 e. The molecule has 0 aromatic heterocycles. The van der Waals surface area contributed by atoms with Gasteiger partial charge in [0.2, 0.25) is 0 Å². The largest absolute Gasteiger partial charge is 0.486 e. The van der Waals surface area contributed by atoms with Crippen LogP contribution in [-0.4, -0.2) is 0 Å². The van der Waals surface area contributed by atoms with Crippen LogP contribution in [0.5, 0.6) is 5.75 Å². The first-order valence-electron chi connectivity index (χ1n) is 5.57. The molecule has 0 bridgehead atoms. The number of hydrogen-bond acceptors (Lipinski definition) is 3. The molecule has 2 aromatic carbocycles. The molecule has 0 aliphatic rings. The van der Waals surface area contributed by atoms with Gasteiger partial charge in [0.1, 0.15) is 12.4 Å². The third-order valence-corrected chi connectivity index (χ3v) is 3.40. The van der Waals surface area contributed by atoms with Crippen LogP contribution in [0.4, 0.5) is 10.1 Å². The van der Waals surface area contributed by atoms with Crippen LogP contribution in [0.1, 0.15) is 11.1 Å². The van der Waals surface area contributed by atoms with Gasteiger partial charge in [-0.2, -0.15) is 5.26 Å². The van der Waals surface area contributed by atoms with Crippen LogP contribution in [0.25, 0.3) is 0 Å². The maximum absolute atomic E-state index is 13.2. The van der Waals surface area contributed by atoms with Crippen molar-refractivity contribution >= 4 is 33.2 Å². The van der Waals surface area contributed by atoms with Gasteiger partial charge in [0.15, 0.2) is 5.75 Å². The van der Waals surface area contributed by atoms with Gasteiger partial charge in [0.25, 0.3) is 0 Å². The predicted octanol–water partition coefficient (Wildman–Crippen LogP) is 4.27. The van der Waals surface area contributed by atoms with Gasteiger partial charge >= 0.3 is 0 Å². The van der Waals surface area contributed by atoms with Crippen molar-refractivity contribution in [2.45, 2.75) is 6.61 Å². The van der Waals surface area contributed by atoms with Crippen LogP contribution in [0, 0.1) is 17.1 Å². The van der Waals surface area contributed by atoms with Crippen molar-refractivity contribution in [3.05, 3.63) is 56.8 Å². The summed E-state index contributed by atoms with van der Waals surface area (Å²) >= 11 is 9.14. The summed E-state index contributed by atoms with van der Waals surface area (Å²) in [5.74, 6) is -0.0201. The summed E-state index contributed by atoms with van der Waals surface area (Å²) in [5, 5.41) is 9.45. The fourth-order valence-electron chi connectivity index (χ4n) is 1.67. The number of rotatable bonds is 3. The van der Waals surface area contributed by atoms with Gasteiger partial charge in [-0.05, 0) is 46.3 Å². The first-order chi connectivity index (χ1) is 9.51. The maximum Gasteiger partial charge on any atom is 0.156 e. The number of ether oxygens (including phenoxy) is 1. The fourth-order valence-corrected chi connectivity index (χ4v) is 2.62. The van der Waals surface area contributed by atoms with Crippen molar-refractivity contribution in [3.63, 3.8) is 0 Å². The number of nitrogens with zero attached hydrogens (tertiary/aromatic N) is 1. The zero-order chi connectivity index (χ0) is 14.7. The molecule has 6 heteroatoms. The molecule has 0 fully saturated rings. The molecule has 0 heterocycles. The molecule has 0 aliphatic carbocycles. The lowest BCUT2D eigenvalue weighted by Crippen LogP contribution is -2.02. The van der Waals surface area contributed by atoms with E-state index in [0.29, 0.717) is 32.1 Å². The molecule has 0 unspecified atom stereocenters. The lowest BCUT2D eigenvalue weighted by Gasteiger charge is -2.12. The molecule has 2 rings (SSSR count). The SMILES string of the molecule is N#Cc1ccc(F)cc1COc1c(N)cc(Cl)cc1Br. The Labute approximate surface area is 128 Å². The normalized spacial score (nSPS) is 10.1. The molecular weight excluding hydrogens is 347 g/mol. The Morgan fingerprint density at radius 2 is 2.10 bits per heavy atom. The van der Waals surface area contributed by atoms with E-state index in [-0.39, 0.29) is 6.61 Å². The Morgan fingerprint density at radius 3 is 2.75 bits per heavy atom. The lowest BCUT2D eigenvalue weighted by atomic mass is 10.1. The van der Waals surface area contributed by atoms with Crippen molar-refractivity contribution < 1.29 is 9.13 Å². The first-order valence-corrected chi connectivity index (χ1v) is 6.74. The van der Waals surface area contributed by atoms with E-state index in [1.165, 1.54) is 18.2 Å². The monoisotopic (exact) mass is 354 g/mol. The molecule has 0 radical (unpaired) electrons. The van der Waals surface area contributed by atoms with E-state index in [2.05, 4.69) is 15.9 Å². The van der Waals surface area contributed by atoms with Crippen LogP contribution >= 0.6 is 27.5 Å². The standard InChI is InChI=1S/C14H9BrClFN2O/c15-12-4-10(16)5-13(19)14(12)20-7-9-3-11(17)2-1-8(9)6-18/h1-5H,7,19H2. The molecule has 0 atom stereocenters. The highest BCUT2D eigenvalue weighted by Gasteiger charge is 2.10. The number of benzene rings is 2.